The number of ketones is 1. The van der Waals surface area contributed by atoms with Crippen molar-refractivity contribution in [2.75, 3.05) is 18.0 Å². The van der Waals surface area contributed by atoms with Crippen LogP contribution >= 0.6 is 0 Å². The molecule has 1 saturated heterocycles. The largest absolute Gasteiger partial charge is 0.370 e. The van der Waals surface area contributed by atoms with Gasteiger partial charge < -0.3 is 4.90 Å². The highest BCUT2D eigenvalue weighted by Crippen LogP contribution is 2.47. The van der Waals surface area contributed by atoms with Crippen LogP contribution in [0.15, 0.2) is 24.5 Å². The minimum atomic E-state index is 0.371. The smallest absolute Gasteiger partial charge is 0.134 e. The van der Waals surface area contributed by atoms with Crippen molar-refractivity contribution in [3.8, 4) is 0 Å². The number of carbonyl (C=O) groups is 1. The number of nitrogens with zero attached hydrogens (tertiary/aromatic N) is 2. The zero-order valence-corrected chi connectivity index (χ0v) is 9.35. The molecule has 16 heavy (non-hydrogen) atoms. The Hall–Kier alpha value is -1.38. The van der Waals surface area contributed by atoms with Gasteiger partial charge in [0.25, 0.3) is 0 Å². The van der Waals surface area contributed by atoms with Crippen molar-refractivity contribution in [2.24, 2.45) is 5.41 Å². The molecule has 3 rings (SSSR count). The van der Waals surface area contributed by atoms with E-state index >= 15 is 0 Å². The number of piperidine rings is 1. The van der Waals surface area contributed by atoms with E-state index < -0.39 is 0 Å². The molecule has 1 aromatic heterocycles. The average molecular weight is 216 g/mol. The highest BCUT2D eigenvalue weighted by Gasteiger charge is 2.44. The maximum absolute atomic E-state index is 11.1. The van der Waals surface area contributed by atoms with Gasteiger partial charge in [0.05, 0.1) is 11.9 Å². The van der Waals surface area contributed by atoms with E-state index in [1.165, 1.54) is 5.69 Å². The Morgan fingerprint density at radius 2 is 2.00 bits per heavy atom. The molecule has 1 aliphatic heterocycles. The van der Waals surface area contributed by atoms with Crippen LogP contribution in [0.4, 0.5) is 5.69 Å². The number of hydrogen-bond donors (Lipinski definition) is 0. The van der Waals surface area contributed by atoms with Crippen LogP contribution < -0.4 is 4.90 Å². The molecule has 0 atom stereocenters. The summed E-state index contributed by atoms with van der Waals surface area (Å²) in [7, 11) is 0. The van der Waals surface area contributed by atoms with Crippen molar-refractivity contribution < 1.29 is 4.79 Å². The summed E-state index contributed by atoms with van der Waals surface area (Å²) in [6, 6.07) is 4.09. The van der Waals surface area contributed by atoms with E-state index in [1.54, 1.807) is 6.20 Å². The molecule has 0 bridgehead atoms. The van der Waals surface area contributed by atoms with Crippen molar-refractivity contribution >= 4 is 11.5 Å². The lowest BCUT2D eigenvalue weighted by atomic mass is 9.62. The lowest BCUT2D eigenvalue weighted by molar-refractivity contribution is -0.133. The van der Waals surface area contributed by atoms with E-state index in [2.05, 4.69) is 16.0 Å². The Kier molecular flexibility index (Phi) is 2.20. The summed E-state index contributed by atoms with van der Waals surface area (Å²) >= 11 is 0. The molecular formula is C13H16N2O. The summed E-state index contributed by atoms with van der Waals surface area (Å²) < 4.78 is 0. The van der Waals surface area contributed by atoms with Crippen molar-refractivity contribution in [3.05, 3.63) is 24.5 Å². The Morgan fingerprint density at radius 1 is 1.25 bits per heavy atom. The number of Topliss-reactive ketones (excluding diaryl/α,β-unsaturated/α-hetero) is 1. The second-order valence-corrected chi connectivity index (χ2v) is 5.09. The first-order valence-electron chi connectivity index (χ1n) is 5.94. The van der Waals surface area contributed by atoms with Crippen molar-refractivity contribution in [1.29, 1.82) is 0 Å². The third-order valence-electron chi connectivity index (χ3n) is 3.98. The number of rotatable bonds is 1. The molecule has 2 heterocycles. The Bertz CT molecular complexity index is 384. The summed E-state index contributed by atoms with van der Waals surface area (Å²) in [5.41, 5.74) is 1.58. The summed E-state index contributed by atoms with van der Waals surface area (Å²) in [5, 5.41) is 0. The van der Waals surface area contributed by atoms with Crippen LogP contribution in [-0.2, 0) is 4.79 Å². The molecule has 1 saturated carbocycles. The van der Waals surface area contributed by atoms with Gasteiger partial charge in [-0.25, -0.2) is 0 Å². The van der Waals surface area contributed by atoms with Crippen LogP contribution in [0.25, 0.3) is 0 Å². The number of hydrogen-bond acceptors (Lipinski definition) is 3. The molecule has 1 aromatic rings. The third-order valence-corrected chi connectivity index (χ3v) is 3.98. The van der Waals surface area contributed by atoms with Crippen LogP contribution in [0.1, 0.15) is 25.7 Å². The summed E-state index contributed by atoms with van der Waals surface area (Å²) in [5.74, 6) is 0.454. The standard InChI is InChI=1S/C13H16N2O/c16-12-8-13(9-12)3-6-15(7-4-13)11-2-1-5-14-10-11/h1-2,5,10H,3-4,6-9H2. The van der Waals surface area contributed by atoms with Gasteiger partial charge in [-0.1, -0.05) is 0 Å². The first-order valence-corrected chi connectivity index (χ1v) is 5.94. The third kappa shape index (κ3) is 1.60. The molecular weight excluding hydrogens is 200 g/mol. The summed E-state index contributed by atoms with van der Waals surface area (Å²) in [6.07, 6.45) is 7.70. The van der Waals surface area contributed by atoms with Gasteiger partial charge in [-0.15, -0.1) is 0 Å². The van der Waals surface area contributed by atoms with Crippen LogP contribution in [0, 0.1) is 5.41 Å². The van der Waals surface area contributed by atoms with E-state index in [-0.39, 0.29) is 0 Å². The van der Waals surface area contributed by atoms with Gasteiger partial charge in [0.2, 0.25) is 0 Å². The summed E-state index contributed by atoms with van der Waals surface area (Å²) in [6.45, 7) is 2.14. The number of aromatic nitrogens is 1. The minimum absolute atomic E-state index is 0.371. The fourth-order valence-electron chi connectivity index (χ4n) is 2.92. The monoisotopic (exact) mass is 216 g/mol. The Morgan fingerprint density at radius 3 is 2.56 bits per heavy atom. The van der Waals surface area contributed by atoms with Gasteiger partial charge >= 0.3 is 0 Å². The maximum atomic E-state index is 11.1. The highest BCUT2D eigenvalue weighted by atomic mass is 16.1. The molecule has 0 unspecified atom stereocenters. The average Bonchev–Trinajstić information content (AvgIpc) is 2.29. The first kappa shape index (κ1) is 9.82. The normalized spacial score (nSPS) is 23.2. The van der Waals surface area contributed by atoms with Gasteiger partial charge in [0, 0.05) is 32.1 Å². The van der Waals surface area contributed by atoms with Gasteiger partial charge in [0.15, 0.2) is 0 Å². The minimum Gasteiger partial charge on any atom is -0.370 e. The Balaban J connectivity index is 1.65. The van der Waals surface area contributed by atoms with Crippen LogP contribution in [0.3, 0.4) is 0 Å². The molecule has 0 aromatic carbocycles. The van der Waals surface area contributed by atoms with Gasteiger partial charge in [-0.2, -0.15) is 0 Å². The predicted molar refractivity (Wildman–Crippen MR) is 62.4 cm³/mol. The lowest BCUT2D eigenvalue weighted by Gasteiger charge is -2.47. The molecule has 0 N–H and O–H groups in total. The topological polar surface area (TPSA) is 33.2 Å². The number of pyridine rings is 1. The van der Waals surface area contributed by atoms with E-state index in [0.717, 1.165) is 38.8 Å². The van der Waals surface area contributed by atoms with E-state index in [1.807, 2.05) is 12.3 Å². The molecule has 2 aliphatic rings. The molecule has 1 spiro atoms. The van der Waals surface area contributed by atoms with Crippen molar-refractivity contribution in [1.82, 2.24) is 4.98 Å². The van der Waals surface area contributed by atoms with Gasteiger partial charge in [0.1, 0.15) is 5.78 Å². The van der Waals surface area contributed by atoms with E-state index in [0.29, 0.717) is 11.2 Å². The zero-order valence-electron chi connectivity index (χ0n) is 9.35. The molecule has 2 fully saturated rings. The van der Waals surface area contributed by atoms with E-state index in [9.17, 15) is 4.79 Å². The second kappa shape index (κ2) is 3.58. The predicted octanol–water partition coefficient (Wildman–Crippen LogP) is 2.03. The SMILES string of the molecule is O=C1CC2(CCN(c3cccnc3)CC2)C1. The highest BCUT2D eigenvalue weighted by molar-refractivity contribution is 5.86. The number of anilines is 1. The van der Waals surface area contributed by atoms with Gasteiger partial charge in [-0.3, -0.25) is 9.78 Å². The molecule has 1 aliphatic carbocycles. The van der Waals surface area contributed by atoms with Crippen LogP contribution in [-0.4, -0.2) is 23.9 Å². The number of carbonyl (C=O) groups excluding carboxylic acids is 1. The van der Waals surface area contributed by atoms with Gasteiger partial charge in [-0.05, 0) is 30.4 Å². The zero-order chi connectivity index (χ0) is 11.0. The van der Waals surface area contributed by atoms with E-state index in [4.69, 9.17) is 0 Å². The second-order valence-electron chi connectivity index (χ2n) is 5.09. The fourth-order valence-corrected chi connectivity index (χ4v) is 2.92. The first-order chi connectivity index (χ1) is 7.77. The fraction of sp³-hybridized carbons (Fsp3) is 0.538. The quantitative estimate of drug-likeness (QED) is 0.720. The Labute approximate surface area is 95.5 Å². The molecule has 3 nitrogen and oxygen atoms in total. The summed E-state index contributed by atoms with van der Waals surface area (Å²) in [4.78, 5) is 17.6. The van der Waals surface area contributed by atoms with Crippen molar-refractivity contribution in [3.63, 3.8) is 0 Å². The molecule has 84 valence electrons. The molecule has 3 heteroatoms. The maximum Gasteiger partial charge on any atom is 0.134 e. The molecule has 0 radical (unpaired) electrons. The van der Waals surface area contributed by atoms with Crippen molar-refractivity contribution in [2.45, 2.75) is 25.7 Å². The molecule has 0 amide bonds. The van der Waals surface area contributed by atoms with Crippen LogP contribution in [0.2, 0.25) is 0 Å². The van der Waals surface area contributed by atoms with Crippen LogP contribution in [0.5, 0.6) is 0 Å². The lowest BCUT2D eigenvalue weighted by Crippen LogP contribution is -2.47.